The van der Waals surface area contributed by atoms with Gasteiger partial charge in [-0.3, -0.25) is 4.79 Å². The van der Waals surface area contributed by atoms with Crippen LogP contribution in [0.15, 0.2) is 110 Å². The van der Waals surface area contributed by atoms with Crippen LogP contribution in [-0.4, -0.2) is 92.5 Å². The van der Waals surface area contributed by atoms with Crippen LogP contribution in [0.5, 0.6) is 0 Å². The Bertz CT molecular complexity index is 4020. The molecule has 19 nitrogen and oxygen atoms in total. The number of nitrogens with one attached hydrogen (secondary N) is 3. The van der Waals surface area contributed by atoms with Crippen LogP contribution in [0.4, 0.5) is 76.0 Å². The molecule has 91 heavy (non-hydrogen) atoms. The molecule has 2 aromatic carbocycles. The van der Waals surface area contributed by atoms with Gasteiger partial charge in [0.1, 0.15) is 38.8 Å². The maximum Gasteiger partial charge on any atom is 0.490 e. The predicted molar refractivity (Wildman–Crippen MR) is 305 cm³/mol. The number of alkyl halides is 12. The van der Waals surface area contributed by atoms with E-state index in [9.17, 15) is 77.3 Å². The first-order chi connectivity index (χ1) is 42.4. The molecule has 0 fully saturated rings. The number of carboxylic acid groups (broad SMARTS) is 4. The van der Waals surface area contributed by atoms with Crippen LogP contribution < -0.4 is 21.7 Å². The highest BCUT2D eigenvalue weighted by Crippen LogP contribution is 2.46. The van der Waals surface area contributed by atoms with E-state index in [1.165, 1.54) is 35.7 Å². The number of hydrogen-bond acceptors (Lipinski definition) is 16. The molecule has 33 heteroatoms. The second kappa shape index (κ2) is 27.2. The minimum Gasteiger partial charge on any atom is -0.478 e. The molecule has 1 amide bonds. The number of nitrogens with two attached hydrogens (primary N) is 1. The number of fused-ring (bicyclic) bond motifs is 2. The van der Waals surface area contributed by atoms with E-state index in [4.69, 9.17) is 25.5 Å². The van der Waals surface area contributed by atoms with Crippen molar-refractivity contribution in [2.24, 2.45) is 5.73 Å². The molecule has 0 bridgehead atoms. The largest absolute Gasteiger partial charge is 0.490 e. The number of thiazole rings is 2. The Kier molecular flexibility index (Phi) is 20.6. The summed E-state index contributed by atoms with van der Waals surface area (Å²) >= 11 is 2.73. The maximum absolute atomic E-state index is 13.1. The minimum atomic E-state index is -5.08. The molecule has 480 valence electrons. The number of aromatic carboxylic acids is 2. The van der Waals surface area contributed by atoms with Crippen LogP contribution in [0.2, 0.25) is 0 Å². The molecular formula is C58H48F12N10O9S2. The van der Waals surface area contributed by atoms with E-state index in [0.29, 0.717) is 63.6 Å². The standard InChI is InChI=1S/C28H24F3N5O3S.C26H22F3N5O2S.2C2HF3O2/c1-15-10-21(34-24(11-15)35-23-13-19(7-9-32-23)28(29,30)31)22-14-33-26(40-22)27(36-16(2)37)8-3-4-17-12-18(25(38)39)5-6-20(17)27;1-14-9-19(33-22(10-14)34-21-12-17(6-8-31-21)26(27,28)29)20-13-32-24(37-20)25(30)7-2-3-15-11-16(23(35)36)4-5-18(15)25;2*3-2(4,5)1(6)7/h5-7,9-14H,3-4,8H2,1-2H3,(H,36,37)(H,38,39)(H,32,34,35);4-6,8-13H,2-3,7,30H2,1H3,(H,35,36)(H,31,33,34);2*(H,6,7). The number of amides is 1. The quantitative estimate of drug-likeness (QED) is 0.0558. The third-order valence-electron chi connectivity index (χ3n) is 13.4. The molecule has 2 aliphatic carbocycles. The van der Waals surface area contributed by atoms with Gasteiger partial charge in [-0.2, -0.15) is 52.7 Å². The number of rotatable bonds is 11. The Morgan fingerprint density at radius 3 is 1.35 bits per heavy atom. The first kappa shape index (κ1) is 68.9. The van der Waals surface area contributed by atoms with Gasteiger partial charge >= 0.3 is 48.6 Å². The molecule has 9 N–H and O–H groups in total. The fraction of sp³-hybridized carbons (Fsp3) is 0.259. The number of carboxylic acids is 4. The Labute approximate surface area is 514 Å². The van der Waals surface area contributed by atoms with Crippen molar-refractivity contribution in [2.45, 2.75) is 95.1 Å². The topological polar surface area (TPSA) is 306 Å². The maximum atomic E-state index is 13.1. The average molecular weight is 1320 g/mol. The summed E-state index contributed by atoms with van der Waals surface area (Å²) in [7, 11) is 0. The summed E-state index contributed by atoms with van der Waals surface area (Å²) in [6.07, 6.45) is -9.47. The minimum absolute atomic E-state index is 0.00743. The van der Waals surface area contributed by atoms with Crippen LogP contribution in [0.1, 0.15) is 108 Å². The first-order valence-corrected chi connectivity index (χ1v) is 27.9. The van der Waals surface area contributed by atoms with Crippen LogP contribution in [-0.2, 0) is 50.7 Å². The van der Waals surface area contributed by atoms with E-state index < -0.39 is 70.8 Å². The summed E-state index contributed by atoms with van der Waals surface area (Å²) in [6, 6.07) is 20.7. The number of carbonyl (C=O) groups is 5. The number of anilines is 4. The average Bonchev–Trinajstić information content (AvgIpc) is 1.76. The Hall–Kier alpha value is -9.63. The van der Waals surface area contributed by atoms with Gasteiger partial charge in [0.25, 0.3) is 0 Å². The van der Waals surface area contributed by atoms with Crippen LogP contribution in [0.3, 0.4) is 0 Å². The molecule has 2 aliphatic rings. The van der Waals surface area contributed by atoms with Crippen molar-refractivity contribution in [3.8, 4) is 21.1 Å². The van der Waals surface area contributed by atoms with Gasteiger partial charge in [0.05, 0.1) is 48.9 Å². The molecule has 0 spiro atoms. The van der Waals surface area contributed by atoms with Crippen molar-refractivity contribution < 1.29 is 97.1 Å². The van der Waals surface area contributed by atoms with Crippen molar-refractivity contribution in [3.63, 3.8) is 0 Å². The van der Waals surface area contributed by atoms with Crippen LogP contribution in [0.25, 0.3) is 21.1 Å². The molecule has 0 radical (unpaired) electrons. The van der Waals surface area contributed by atoms with E-state index in [0.717, 1.165) is 87.8 Å². The third kappa shape index (κ3) is 17.2. The van der Waals surface area contributed by atoms with Gasteiger partial charge < -0.3 is 42.1 Å². The highest BCUT2D eigenvalue weighted by Gasteiger charge is 2.43. The third-order valence-corrected chi connectivity index (χ3v) is 15.8. The second-order valence-corrected chi connectivity index (χ2v) is 22.3. The number of aryl methyl sites for hydroxylation is 4. The molecule has 10 rings (SSSR count). The van der Waals surface area contributed by atoms with Gasteiger partial charge in [-0.1, -0.05) is 12.1 Å². The SMILES string of the molecule is CC(=O)NC1(c2ncc(-c3cc(C)cc(Nc4cc(C(F)(F)F)ccn4)n3)s2)CCCc2cc(C(=O)O)ccc21.Cc1cc(Nc2cc(C(F)(F)F)ccn2)nc(-c2cnc(C3(N)CCCc4cc(C(=O)O)ccc43)s2)c1.O=C(O)C(F)(F)F.O=C(O)C(F)(F)F. The lowest BCUT2D eigenvalue weighted by atomic mass is 9.76. The normalized spacial score (nSPS) is 16.1. The molecule has 8 aromatic rings. The van der Waals surface area contributed by atoms with E-state index in [2.05, 4.69) is 45.9 Å². The van der Waals surface area contributed by atoms with Crippen molar-refractivity contribution >= 4 is 75.7 Å². The van der Waals surface area contributed by atoms with Crippen molar-refractivity contribution in [2.75, 3.05) is 10.6 Å². The van der Waals surface area contributed by atoms with Gasteiger partial charge in [0, 0.05) is 31.7 Å². The lowest BCUT2D eigenvalue weighted by Gasteiger charge is -2.38. The van der Waals surface area contributed by atoms with Gasteiger partial charge in [0.15, 0.2) is 0 Å². The zero-order chi connectivity index (χ0) is 67.2. The molecule has 6 heterocycles. The zero-order valence-corrected chi connectivity index (χ0v) is 48.7. The van der Waals surface area contributed by atoms with Gasteiger partial charge in [0.2, 0.25) is 5.91 Å². The van der Waals surface area contributed by atoms with Crippen LogP contribution in [0, 0.1) is 13.8 Å². The summed E-state index contributed by atoms with van der Waals surface area (Å²) < 4.78 is 142. The summed E-state index contributed by atoms with van der Waals surface area (Å²) in [6.45, 7) is 5.13. The Morgan fingerprint density at radius 2 is 0.934 bits per heavy atom. The molecule has 2 unspecified atom stereocenters. The van der Waals surface area contributed by atoms with Crippen molar-refractivity contribution in [1.29, 1.82) is 0 Å². The summed E-state index contributed by atoms with van der Waals surface area (Å²) in [5, 5.41) is 43.2. The predicted octanol–water partition coefficient (Wildman–Crippen LogP) is 13.3. The van der Waals surface area contributed by atoms with Gasteiger partial charge in [-0.15, -0.1) is 22.7 Å². The van der Waals surface area contributed by atoms with E-state index in [1.807, 2.05) is 26.0 Å². The van der Waals surface area contributed by atoms with Gasteiger partial charge in [-0.05, 0) is 159 Å². The van der Waals surface area contributed by atoms with Crippen LogP contribution >= 0.6 is 22.7 Å². The monoisotopic (exact) mass is 1320 g/mol. The number of halogens is 12. The van der Waals surface area contributed by atoms with E-state index in [-0.39, 0.29) is 28.7 Å². The smallest absolute Gasteiger partial charge is 0.478 e. The second-order valence-electron chi connectivity index (χ2n) is 20.2. The first-order valence-electron chi connectivity index (χ1n) is 26.3. The molecule has 0 saturated carbocycles. The summed E-state index contributed by atoms with van der Waals surface area (Å²) in [5.41, 5.74) is 10.1. The number of benzene rings is 2. The van der Waals surface area contributed by atoms with Crippen molar-refractivity contribution in [3.05, 3.63) is 175 Å². The molecule has 0 aliphatic heterocycles. The fourth-order valence-electron chi connectivity index (χ4n) is 9.53. The Balaban J connectivity index is 0.000000214. The lowest BCUT2D eigenvalue weighted by Crippen LogP contribution is -2.48. The number of aliphatic carboxylic acids is 2. The lowest BCUT2D eigenvalue weighted by molar-refractivity contribution is -0.193. The zero-order valence-electron chi connectivity index (χ0n) is 47.1. The number of carbonyl (C=O) groups excluding carboxylic acids is 1. The fourth-order valence-corrected chi connectivity index (χ4v) is 11.6. The number of aromatic nitrogens is 6. The number of hydrogen-bond donors (Lipinski definition) is 8. The summed E-state index contributed by atoms with van der Waals surface area (Å²) in [4.78, 5) is 81.0. The van der Waals surface area contributed by atoms with E-state index >= 15 is 0 Å². The highest BCUT2D eigenvalue weighted by molar-refractivity contribution is 7.15. The Morgan fingerprint density at radius 1 is 0.527 bits per heavy atom. The number of pyridine rings is 4. The number of nitrogens with zero attached hydrogens (tertiary/aromatic N) is 6. The molecule has 6 aromatic heterocycles. The molecular weight excluding hydrogens is 1270 g/mol. The molecule has 0 saturated heterocycles. The van der Waals surface area contributed by atoms with Gasteiger partial charge in [-0.25, -0.2) is 49.1 Å². The van der Waals surface area contributed by atoms with Crippen molar-refractivity contribution in [1.82, 2.24) is 35.2 Å². The van der Waals surface area contributed by atoms with E-state index in [1.54, 1.807) is 54.9 Å². The highest BCUT2D eigenvalue weighted by atomic mass is 32.1. The molecule has 2 atom stereocenters. The summed E-state index contributed by atoms with van der Waals surface area (Å²) in [5.74, 6) is -7.06.